The predicted octanol–water partition coefficient (Wildman–Crippen LogP) is 4.05. The molecule has 0 amide bonds. The first kappa shape index (κ1) is 17.3. The molecule has 4 nitrogen and oxygen atoms in total. The molecule has 0 atom stereocenters. The maximum atomic E-state index is 11.6. The van der Waals surface area contributed by atoms with Gasteiger partial charge in [0.25, 0.3) is 0 Å². The summed E-state index contributed by atoms with van der Waals surface area (Å²) >= 11 is 15.1. The van der Waals surface area contributed by atoms with Gasteiger partial charge in [-0.05, 0) is 28.9 Å². The minimum atomic E-state index is -0.398. The second-order valence-corrected chi connectivity index (χ2v) is 5.50. The molecule has 0 saturated heterocycles. The Bertz CT molecular complexity index is 505. The van der Waals surface area contributed by atoms with Crippen molar-refractivity contribution >= 4 is 50.9 Å². The lowest BCUT2D eigenvalue weighted by molar-refractivity contribution is -0.144. The highest BCUT2D eigenvalue weighted by molar-refractivity contribution is 9.10. The van der Waals surface area contributed by atoms with Gasteiger partial charge in [-0.1, -0.05) is 23.2 Å². The molecule has 0 aliphatic rings. The van der Waals surface area contributed by atoms with E-state index in [1.807, 2.05) is 0 Å². The topological polar surface area (TPSA) is 52.6 Å². The van der Waals surface area contributed by atoms with Crippen molar-refractivity contribution < 1.29 is 19.1 Å². The lowest BCUT2D eigenvalue weighted by Gasteiger charge is -2.08. The molecule has 0 N–H and O–H groups in total. The summed E-state index contributed by atoms with van der Waals surface area (Å²) in [6.07, 6.45) is 0.117. The molecule has 0 bridgehead atoms. The minimum absolute atomic E-state index is 0.0465. The summed E-state index contributed by atoms with van der Waals surface area (Å²) < 4.78 is 10.7. The summed E-state index contributed by atoms with van der Waals surface area (Å²) in [5.74, 6) is -0.289. The average molecular weight is 384 g/mol. The van der Waals surface area contributed by atoms with Crippen molar-refractivity contribution in [3.05, 3.63) is 26.7 Å². The van der Waals surface area contributed by atoms with Crippen LogP contribution in [0.5, 0.6) is 5.75 Å². The Morgan fingerprint density at radius 2 is 1.90 bits per heavy atom. The van der Waals surface area contributed by atoms with Crippen LogP contribution in [0.1, 0.15) is 19.8 Å². The fourth-order valence-electron chi connectivity index (χ4n) is 1.32. The van der Waals surface area contributed by atoms with Gasteiger partial charge in [0, 0.05) is 17.0 Å². The number of hydrogen-bond donors (Lipinski definition) is 0. The van der Waals surface area contributed by atoms with Crippen molar-refractivity contribution in [1.29, 1.82) is 0 Å². The van der Waals surface area contributed by atoms with E-state index in [0.717, 1.165) is 0 Å². The standard InChI is InChI=1S/C13H13BrCl2O4/c1-2-19-13(18)4-3-8(17)7-20-12-6-10(15)9(14)5-11(12)16/h5-6H,2-4,7H2,1H3. The molecule has 1 aromatic rings. The van der Waals surface area contributed by atoms with E-state index in [9.17, 15) is 9.59 Å². The Balaban J connectivity index is 2.45. The number of Topliss-reactive ketones (excluding diaryl/α,β-unsaturated/α-hetero) is 1. The third kappa shape index (κ3) is 5.69. The van der Waals surface area contributed by atoms with Crippen LogP contribution in [0.3, 0.4) is 0 Å². The molecule has 0 aliphatic heterocycles. The highest BCUT2D eigenvalue weighted by Crippen LogP contribution is 2.34. The second kappa shape index (κ2) is 8.49. The molecule has 0 unspecified atom stereocenters. The SMILES string of the molecule is CCOC(=O)CCC(=O)COc1cc(Cl)c(Br)cc1Cl. The van der Waals surface area contributed by atoms with E-state index in [4.69, 9.17) is 32.7 Å². The Labute approximate surface area is 135 Å². The molecule has 0 spiro atoms. The maximum Gasteiger partial charge on any atom is 0.306 e. The van der Waals surface area contributed by atoms with Crippen molar-refractivity contribution in [3.8, 4) is 5.75 Å². The van der Waals surface area contributed by atoms with Crippen molar-refractivity contribution in [2.75, 3.05) is 13.2 Å². The summed E-state index contributed by atoms with van der Waals surface area (Å²) in [5, 5.41) is 0.780. The summed E-state index contributed by atoms with van der Waals surface area (Å²) in [6, 6.07) is 3.11. The summed E-state index contributed by atoms with van der Waals surface area (Å²) in [4.78, 5) is 22.7. The van der Waals surface area contributed by atoms with Gasteiger partial charge < -0.3 is 9.47 Å². The van der Waals surface area contributed by atoms with E-state index in [1.165, 1.54) is 6.07 Å². The van der Waals surface area contributed by atoms with Crippen LogP contribution in [0.4, 0.5) is 0 Å². The van der Waals surface area contributed by atoms with Crippen LogP contribution in [0, 0.1) is 0 Å². The van der Waals surface area contributed by atoms with Gasteiger partial charge in [-0.25, -0.2) is 0 Å². The largest absolute Gasteiger partial charge is 0.484 e. The molecule has 1 rings (SSSR count). The molecule has 0 heterocycles. The van der Waals surface area contributed by atoms with Crippen LogP contribution in [-0.4, -0.2) is 25.0 Å². The lowest BCUT2D eigenvalue weighted by atomic mass is 10.2. The summed E-state index contributed by atoms with van der Waals surface area (Å²) in [5.41, 5.74) is 0. The fourth-order valence-corrected chi connectivity index (χ4v) is 2.17. The molecule has 0 aliphatic carbocycles. The van der Waals surface area contributed by atoms with Crippen LogP contribution in [-0.2, 0) is 14.3 Å². The Morgan fingerprint density at radius 1 is 1.20 bits per heavy atom. The van der Waals surface area contributed by atoms with E-state index in [1.54, 1.807) is 13.0 Å². The van der Waals surface area contributed by atoms with Gasteiger partial charge in [0.05, 0.1) is 23.1 Å². The number of esters is 1. The smallest absolute Gasteiger partial charge is 0.306 e. The molecule has 7 heteroatoms. The average Bonchev–Trinajstić information content (AvgIpc) is 2.39. The van der Waals surface area contributed by atoms with E-state index < -0.39 is 5.97 Å². The van der Waals surface area contributed by atoms with Gasteiger partial charge >= 0.3 is 5.97 Å². The number of benzene rings is 1. The number of rotatable bonds is 7. The molecular formula is C13H13BrCl2O4. The number of hydrogen-bond acceptors (Lipinski definition) is 4. The number of halogens is 3. The van der Waals surface area contributed by atoms with Gasteiger partial charge in [0.15, 0.2) is 5.78 Å². The van der Waals surface area contributed by atoms with Crippen LogP contribution in [0.2, 0.25) is 10.0 Å². The maximum absolute atomic E-state index is 11.6. The van der Waals surface area contributed by atoms with E-state index in [2.05, 4.69) is 15.9 Å². The first-order valence-corrected chi connectivity index (χ1v) is 7.43. The van der Waals surface area contributed by atoms with Crippen molar-refractivity contribution in [1.82, 2.24) is 0 Å². The number of ketones is 1. The number of carbonyl (C=O) groups is 2. The first-order valence-electron chi connectivity index (χ1n) is 5.88. The normalized spacial score (nSPS) is 10.2. The molecule has 0 saturated carbocycles. The van der Waals surface area contributed by atoms with Crippen molar-refractivity contribution in [2.45, 2.75) is 19.8 Å². The van der Waals surface area contributed by atoms with Gasteiger partial charge in [-0.15, -0.1) is 0 Å². The molecular weight excluding hydrogens is 371 g/mol. The highest BCUT2D eigenvalue weighted by Gasteiger charge is 2.11. The Kier molecular flexibility index (Phi) is 7.34. The molecule has 1 aromatic carbocycles. The van der Waals surface area contributed by atoms with Gasteiger partial charge in [-0.3, -0.25) is 9.59 Å². The van der Waals surface area contributed by atoms with Crippen LogP contribution >= 0.6 is 39.1 Å². The van der Waals surface area contributed by atoms with Crippen LogP contribution in [0.15, 0.2) is 16.6 Å². The predicted molar refractivity (Wildman–Crippen MR) is 80.5 cm³/mol. The molecule has 20 heavy (non-hydrogen) atoms. The second-order valence-electron chi connectivity index (χ2n) is 3.83. The Morgan fingerprint density at radius 3 is 2.55 bits per heavy atom. The zero-order chi connectivity index (χ0) is 15.1. The molecule has 0 aromatic heterocycles. The lowest BCUT2D eigenvalue weighted by Crippen LogP contribution is -2.14. The van der Waals surface area contributed by atoms with E-state index in [-0.39, 0.29) is 25.2 Å². The van der Waals surface area contributed by atoms with Gasteiger partial charge in [0.2, 0.25) is 0 Å². The zero-order valence-electron chi connectivity index (χ0n) is 10.8. The molecule has 0 fully saturated rings. The van der Waals surface area contributed by atoms with Crippen LogP contribution in [0.25, 0.3) is 0 Å². The first-order chi connectivity index (χ1) is 9.43. The molecule has 110 valence electrons. The Hall–Kier alpha value is -0.780. The summed E-state index contributed by atoms with van der Waals surface area (Å²) in [6.45, 7) is 1.84. The van der Waals surface area contributed by atoms with Crippen LogP contribution < -0.4 is 4.74 Å². The zero-order valence-corrected chi connectivity index (χ0v) is 13.8. The number of ether oxygens (including phenoxy) is 2. The van der Waals surface area contributed by atoms with E-state index in [0.29, 0.717) is 26.9 Å². The summed E-state index contributed by atoms with van der Waals surface area (Å²) in [7, 11) is 0. The third-order valence-corrected chi connectivity index (χ3v) is 3.77. The van der Waals surface area contributed by atoms with E-state index >= 15 is 0 Å². The monoisotopic (exact) mass is 382 g/mol. The van der Waals surface area contributed by atoms with Crippen molar-refractivity contribution in [3.63, 3.8) is 0 Å². The third-order valence-electron chi connectivity index (χ3n) is 2.28. The molecule has 0 radical (unpaired) electrons. The number of carbonyl (C=O) groups excluding carboxylic acids is 2. The quantitative estimate of drug-likeness (QED) is 0.526. The van der Waals surface area contributed by atoms with Crippen molar-refractivity contribution in [2.24, 2.45) is 0 Å². The highest BCUT2D eigenvalue weighted by atomic mass is 79.9. The van der Waals surface area contributed by atoms with Gasteiger partial charge in [-0.2, -0.15) is 0 Å². The fraction of sp³-hybridized carbons (Fsp3) is 0.385. The van der Waals surface area contributed by atoms with Gasteiger partial charge in [0.1, 0.15) is 12.4 Å². The minimum Gasteiger partial charge on any atom is -0.484 e.